The average Bonchev–Trinajstić information content (AvgIpc) is 3.31. The number of amides is 1. The normalized spacial score (nSPS) is 23.2. The Balaban J connectivity index is 1.75. The molecule has 1 atom stereocenters. The number of nitrogens with zero attached hydrogens (tertiary/aromatic N) is 1. The number of carbonyl (C=O) groups excluding carboxylic acids is 1. The van der Waals surface area contributed by atoms with Crippen LogP contribution >= 0.6 is 0 Å². The van der Waals surface area contributed by atoms with Gasteiger partial charge in [0.25, 0.3) is 0 Å². The van der Waals surface area contributed by atoms with Crippen LogP contribution in [0.15, 0.2) is 18.2 Å². The summed E-state index contributed by atoms with van der Waals surface area (Å²) in [5.41, 5.74) is -0.868. The Kier molecular flexibility index (Phi) is 3.60. The third kappa shape index (κ3) is 2.45. The highest BCUT2D eigenvalue weighted by atomic mass is 19.2. The largest absolute Gasteiger partial charge is 0.480 e. The van der Waals surface area contributed by atoms with Crippen LogP contribution in [0.3, 0.4) is 0 Å². The number of rotatable bonds is 3. The monoisotopic (exact) mass is 311 g/mol. The van der Waals surface area contributed by atoms with Gasteiger partial charge in [-0.25, -0.2) is 8.78 Å². The minimum absolute atomic E-state index is 0.138. The lowest BCUT2D eigenvalue weighted by molar-refractivity contribution is -0.157. The van der Waals surface area contributed by atoms with Gasteiger partial charge in [-0.3, -0.25) is 9.59 Å². The van der Waals surface area contributed by atoms with E-state index in [0.29, 0.717) is 24.9 Å². The zero-order valence-corrected chi connectivity index (χ0v) is 11.7. The van der Waals surface area contributed by atoms with Gasteiger partial charge >= 0.3 is 5.97 Å². The first-order chi connectivity index (χ1) is 10.4. The van der Waals surface area contributed by atoms with E-state index in [1.54, 1.807) is 0 Å². The molecule has 1 unspecified atom stereocenters. The topological polar surface area (TPSA) is 66.8 Å². The summed E-state index contributed by atoms with van der Waals surface area (Å²) in [5, 5.41) is 9.18. The molecule has 22 heavy (non-hydrogen) atoms. The number of benzene rings is 1. The fraction of sp³-hybridized carbons (Fsp3) is 0.467. The number of carboxylic acids is 1. The van der Waals surface area contributed by atoms with Gasteiger partial charge in [0, 0.05) is 6.54 Å². The molecule has 1 N–H and O–H groups in total. The van der Waals surface area contributed by atoms with E-state index in [4.69, 9.17) is 4.74 Å². The minimum atomic E-state index is -1.30. The number of morpholine rings is 1. The van der Waals surface area contributed by atoms with Gasteiger partial charge in [0.05, 0.1) is 13.2 Å². The smallest absolute Gasteiger partial charge is 0.319 e. The minimum Gasteiger partial charge on any atom is -0.480 e. The Morgan fingerprint density at radius 1 is 1.27 bits per heavy atom. The molecule has 1 aliphatic heterocycles. The molecule has 3 rings (SSSR count). The van der Waals surface area contributed by atoms with Crippen molar-refractivity contribution in [3.8, 4) is 0 Å². The number of halogens is 2. The van der Waals surface area contributed by atoms with Crippen molar-refractivity contribution in [2.24, 2.45) is 5.41 Å². The summed E-state index contributed by atoms with van der Waals surface area (Å²) < 4.78 is 31.8. The van der Waals surface area contributed by atoms with Gasteiger partial charge in [-0.15, -0.1) is 0 Å². The number of hydrogen-bond donors (Lipinski definition) is 1. The van der Waals surface area contributed by atoms with Crippen LogP contribution in [0.1, 0.15) is 24.5 Å². The lowest BCUT2D eigenvalue weighted by Gasteiger charge is -2.34. The van der Waals surface area contributed by atoms with E-state index in [0.717, 1.165) is 12.1 Å². The molecule has 1 aromatic rings. The Morgan fingerprint density at radius 3 is 2.59 bits per heavy atom. The van der Waals surface area contributed by atoms with Crippen molar-refractivity contribution in [1.29, 1.82) is 0 Å². The highest BCUT2D eigenvalue weighted by Gasteiger charge is 2.58. The second-order valence-corrected chi connectivity index (χ2v) is 5.67. The summed E-state index contributed by atoms with van der Waals surface area (Å²) >= 11 is 0. The predicted molar refractivity (Wildman–Crippen MR) is 70.9 cm³/mol. The maximum absolute atomic E-state index is 13.3. The van der Waals surface area contributed by atoms with Crippen molar-refractivity contribution in [3.63, 3.8) is 0 Å². The molecule has 1 aliphatic carbocycles. The highest BCUT2D eigenvalue weighted by Crippen LogP contribution is 2.48. The molecule has 0 radical (unpaired) electrons. The molecule has 2 aliphatic rings. The summed E-state index contributed by atoms with van der Waals surface area (Å²) in [6, 6.07) is 3.45. The molecular weight excluding hydrogens is 296 g/mol. The summed E-state index contributed by atoms with van der Waals surface area (Å²) in [5.74, 6) is -3.45. The molecule has 0 bridgehead atoms. The van der Waals surface area contributed by atoms with Gasteiger partial charge in [0.1, 0.15) is 11.5 Å². The van der Waals surface area contributed by atoms with Gasteiger partial charge in [-0.2, -0.15) is 0 Å². The molecule has 7 heteroatoms. The summed E-state index contributed by atoms with van der Waals surface area (Å²) in [6.07, 6.45) is 0.0975. The van der Waals surface area contributed by atoms with E-state index in [1.807, 2.05) is 0 Å². The molecule has 1 saturated carbocycles. The van der Waals surface area contributed by atoms with Crippen LogP contribution in [0.5, 0.6) is 0 Å². The molecule has 0 spiro atoms. The summed E-state index contributed by atoms with van der Waals surface area (Å²) in [6.45, 7) is 0.665. The van der Waals surface area contributed by atoms with E-state index in [2.05, 4.69) is 0 Å². The highest BCUT2D eigenvalue weighted by molar-refractivity contribution is 6.04. The van der Waals surface area contributed by atoms with Crippen molar-refractivity contribution in [1.82, 2.24) is 4.90 Å². The van der Waals surface area contributed by atoms with E-state index < -0.39 is 35.0 Å². The van der Waals surface area contributed by atoms with E-state index in [1.165, 1.54) is 11.0 Å². The van der Waals surface area contributed by atoms with Crippen molar-refractivity contribution >= 4 is 11.9 Å². The Hall–Kier alpha value is -2.02. The molecule has 1 heterocycles. The van der Waals surface area contributed by atoms with Crippen molar-refractivity contribution < 1.29 is 28.2 Å². The molecule has 1 aromatic carbocycles. The van der Waals surface area contributed by atoms with Crippen LogP contribution in [-0.2, 0) is 14.3 Å². The molecule has 0 aromatic heterocycles. The summed E-state index contributed by atoms with van der Waals surface area (Å²) in [4.78, 5) is 25.0. The van der Waals surface area contributed by atoms with Crippen molar-refractivity contribution in [2.75, 3.05) is 19.7 Å². The number of aliphatic carboxylic acids is 1. The molecule has 118 valence electrons. The first kappa shape index (κ1) is 14.9. The van der Waals surface area contributed by atoms with Gasteiger partial charge in [0.2, 0.25) is 5.91 Å². The van der Waals surface area contributed by atoms with Crippen molar-refractivity contribution in [3.05, 3.63) is 35.4 Å². The van der Waals surface area contributed by atoms with Gasteiger partial charge in [0.15, 0.2) is 11.6 Å². The first-order valence-corrected chi connectivity index (χ1v) is 7.03. The number of carboxylic acid groups (broad SMARTS) is 1. The number of hydrogen-bond acceptors (Lipinski definition) is 3. The van der Waals surface area contributed by atoms with Crippen LogP contribution in [0.4, 0.5) is 8.78 Å². The van der Waals surface area contributed by atoms with Gasteiger partial charge in [-0.1, -0.05) is 6.07 Å². The maximum atomic E-state index is 13.3. The van der Waals surface area contributed by atoms with Crippen molar-refractivity contribution in [2.45, 2.75) is 18.9 Å². The summed E-state index contributed by atoms with van der Waals surface area (Å²) in [7, 11) is 0. The van der Waals surface area contributed by atoms with Crippen LogP contribution in [0.2, 0.25) is 0 Å². The average molecular weight is 311 g/mol. The fourth-order valence-electron chi connectivity index (χ4n) is 2.69. The zero-order chi connectivity index (χ0) is 15.9. The molecule has 1 amide bonds. The third-order valence-corrected chi connectivity index (χ3v) is 4.24. The van der Waals surface area contributed by atoms with Crippen LogP contribution in [0, 0.1) is 17.0 Å². The Morgan fingerprint density at radius 2 is 2.00 bits per heavy atom. The van der Waals surface area contributed by atoms with Crippen LogP contribution in [0.25, 0.3) is 0 Å². The molecule has 1 saturated heterocycles. The second-order valence-electron chi connectivity index (χ2n) is 5.67. The first-order valence-electron chi connectivity index (χ1n) is 7.03. The zero-order valence-electron chi connectivity index (χ0n) is 11.7. The molecule has 2 fully saturated rings. The van der Waals surface area contributed by atoms with Crippen LogP contribution < -0.4 is 0 Å². The van der Waals surface area contributed by atoms with Gasteiger partial charge < -0.3 is 14.7 Å². The Labute approximate surface area is 125 Å². The molecular formula is C15H15F2NO4. The predicted octanol–water partition coefficient (Wildman–Crippen LogP) is 1.73. The maximum Gasteiger partial charge on any atom is 0.319 e. The van der Waals surface area contributed by atoms with Gasteiger partial charge in [-0.05, 0) is 30.5 Å². The van der Waals surface area contributed by atoms with E-state index in [-0.39, 0.29) is 13.2 Å². The standard InChI is InChI=1S/C15H15F2NO4/c16-10-2-1-9(7-11(10)17)12-8-18(5-6-22-12)13(19)15(3-4-15)14(20)21/h1-2,7,12H,3-6,8H2,(H,20,21). The Bertz CT molecular complexity index is 630. The lowest BCUT2D eigenvalue weighted by Crippen LogP contribution is -2.47. The molecule has 5 nitrogen and oxygen atoms in total. The third-order valence-electron chi connectivity index (χ3n) is 4.24. The number of carbonyl (C=O) groups is 2. The number of ether oxygens (including phenoxy) is 1. The second kappa shape index (κ2) is 5.31. The fourth-order valence-corrected chi connectivity index (χ4v) is 2.69. The van der Waals surface area contributed by atoms with Crippen LogP contribution in [-0.4, -0.2) is 41.6 Å². The van der Waals surface area contributed by atoms with E-state index in [9.17, 15) is 23.5 Å². The van der Waals surface area contributed by atoms with E-state index >= 15 is 0 Å². The SMILES string of the molecule is O=C(O)C1(C(=O)N2CCOC(c3ccc(F)c(F)c3)C2)CC1. The quantitative estimate of drug-likeness (QED) is 0.863. The lowest BCUT2D eigenvalue weighted by atomic mass is 10.0.